The third-order valence-corrected chi connectivity index (χ3v) is 4.10. The Labute approximate surface area is 122 Å². The van der Waals surface area contributed by atoms with Crippen molar-refractivity contribution < 1.29 is 19.4 Å². The van der Waals surface area contributed by atoms with Crippen LogP contribution in [0.4, 0.5) is 4.79 Å². The molecule has 1 N–H and O–H groups in total. The number of carbonyl (C=O) groups excluding carboxylic acids is 1. The van der Waals surface area contributed by atoms with Gasteiger partial charge in [-0.3, -0.25) is 4.90 Å². The van der Waals surface area contributed by atoms with E-state index in [1.807, 2.05) is 30.3 Å². The summed E-state index contributed by atoms with van der Waals surface area (Å²) in [4.78, 5) is 24.9. The van der Waals surface area contributed by atoms with Crippen LogP contribution in [0.25, 0.3) is 0 Å². The van der Waals surface area contributed by atoms with E-state index in [0.29, 0.717) is 6.54 Å². The topological polar surface area (TPSA) is 66.8 Å². The number of aliphatic carboxylic acids is 1. The van der Waals surface area contributed by atoms with Gasteiger partial charge in [-0.05, 0) is 30.4 Å². The minimum absolute atomic E-state index is 0.135. The standard InChI is InChI=1S/C16H17NO4/c18-15(19)14-13-8-4-7-12(13)9-17(14)16(20)21-10-11-5-2-1-3-6-11/h1-3,5-6,12H,4,7-10H2,(H,18,19). The van der Waals surface area contributed by atoms with Gasteiger partial charge < -0.3 is 9.84 Å². The van der Waals surface area contributed by atoms with Crippen molar-refractivity contribution in [2.45, 2.75) is 25.9 Å². The van der Waals surface area contributed by atoms with Crippen LogP contribution in [-0.4, -0.2) is 28.6 Å². The van der Waals surface area contributed by atoms with Crippen molar-refractivity contribution in [3.63, 3.8) is 0 Å². The van der Waals surface area contributed by atoms with E-state index >= 15 is 0 Å². The third-order valence-electron chi connectivity index (χ3n) is 4.10. The lowest BCUT2D eigenvalue weighted by molar-refractivity contribution is -0.134. The first-order valence-corrected chi connectivity index (χ1v) is 7.11. The molecule has 0 aromatic heterocycles. The Balaban J connectivity index is 1.70. The highest BCUT2D eigenvalue weighted by Crippen LogP contribution is 2.40. The highest BCUT2D eigenvalue weighted by molar-refractivity contribution is 5.92. The number of rotatable bonds is 3. The minimum Gasteiger partial charge on any atom is -0.477 e. The van der Waals surface area contributed by atoms with Gasteiger partial charge in [-0.2, -0.15) is 0 Å². The molecular formula is C16H17NO4. The summed E-state index contributed by atoms with van der Waals surface area (Å²) in [7, 11) is 0. The molecule has 1 heterocycles. The van der Waals surface area contributed by atoms with E-state index in [2.05, 4.69) is 0 Å². The molecule has 1 aliphatic heterocycles. The molecule has 1 aromatic carbocycles. The number of carboxylic acids is 1. The van der Waals surface area contributed by atoms with Gasteiger partial charge in [0.2, 0.25) is 0 Å². The smallest absolute Gasteiger partial charge is 0.414 e. The monoisotopic (exact) mass is 287 g/mol. The van der Waals surface area contributed by atoms with Crippen LogP contribution in [0.3, 0.4) is 0 Å². The zero-order valence-corrected chi connectivity index (χ0v) is 11.6. The average Bonchev–Trinajstić information content (AvgIpc) is 3.05. The van der Waals surface area contributed by atoms with E-state index in [-0.39, 0.29) is 18.2 Å². The normalized spacial score (nSPS) is 20.6. The number of carboxylic acid groups (broad SMARTS) is 1. The van der Waals surface area contributed by atoms with Gasteiger partial charge in [0.1, 0.15) is 12.3 Å². The third kappa shape index (κ3) is 2.63. The second-order valence-corrected chi connectivity index (χ2v) is 5.42. The first-order chi connectivity index (χ1) is 10.2. The lowest BCUT2D eigenvalue weighted by atomic mass is 10.1. The van der Waals surface area contributed by atoms with Gasteiger partial charge in [0.25, 0.3) is 0 Å². The molecular weight excluding hydrogens is 270 g/mol. The molecule has 21 heavy (non-hydrogen) atoms. The van der Waals surface area contributed by atoms with Crippen LogP contribution in [0.1, 0.15) is 24.8 Å². The summed E-state index contributed by atoms with van der Waals surface area (Å²) in [5.74, 6) is -0.841. The Kier molecular flexibility index (Phi) is 3.64. The second kappa shape index (κ2) is 5.60. The van der Waals surface area contributed by atoms with Crippen LogP contribution < -0.4 is 0 Å². The Morgan fingerprint density at radius 3 is 2.76 bits per heavy atom. The van der Waals surface area contributed by atoms with Gasteiger partial charge in [-0.1, -0.05) is 30.3 Å². The molecule has 5 heteroatoms. The molecule has 110 valence electrons. The summed E-state index contributed by atoms with van der Waals surface area (Å²) < 4.78 is 5.25. The largest absolute Gasteiger partial charge is 0.477 e. The molecule has 1 fully saturated rings. The quantitative estimate of drug-likeness (QED) is 0.928. The number of fused-ring (bicyclic) bond motifs is 1. The number of carbonyl (C=O) groups is 2. The SMILES string of the molecule is O=C(O)C1=C2CCCC2CN1C(=O)OCc1ccccc1. The first kappa shape index (κ1) is 13.7. The Morgan fingerprint density at radius 1 is 1.29 bits per heavy atom. The lowest BCUT2D eigenvalue weighted by Gasteiger charge is -2.18. The zero-order chi connectivity index (χ0) is 14.8. The fourth-order valence-corrected chi connectivity index (χ4v) is 3.13. The maximum Gasteiger partial charge on any atom is 0.414 e. The number of hydrogen-bond donors (Lipinski definition) is 1. The first-order valence-electron chi connectivity index (χ1n) is 7.11. The van der Waals surface area contributed by atoms with Crippen molar-refractivity contribution in [1.29, 1.82) is 0 Å². The molecule has 1 saturated carbocycles. The van der Waals surface area contributed by atoms with Crippen LogP contribution in [0.5, 0.6) is 0 Å². The number of hydrogen-bond acceptors (Lipinski definition) is 3. The predicted molar refractivity (Wildman–Crippen MR) is 75.3 cm³/mol. The average molecular weight is 287 g/mol. The summed E-state index contributed by atoms with van der Waals surface area (Å²) >= 11 is 0. The number of ether oxygens (including phenoxy) is 1. The fraction of sp³-hybridized carbons (Fsp3) is 0.375. The van der Waals surface area contributed by atoms with E-state index in [1.54, 1.807) is 0 Å². The maximum atomic E-state index is 12.2. The molecule has 0 spiro atoms. The Hall–Kier alpha value is -2.30. The molecule has 1 atom stereocenters. The van der Waals surface area contributed by atoms with Crippen LogP contribution >= 0.6 is 0 Å². The van der Waals surface area contributed by atoms with E-state index in [9.17, 15) is 14.7 Å². The zero-order valence-electron chi connectivity index (χ0n) is 11.6. The van der Waals surface area contributed by atoms with Crippen molar-refractivity contribution >= 4 is 12.1 Å². The van der Waals surface area contributed by atoms with Gasteiger partial charge >= 0.3 is 12.1 Å². The second-order valence-electron chi connectivity index (χ2n) is 5.42. The predicted octanol–water partition coefficient (Wildman–Crippen LogP) is 2.78. The van der Waals surface area contributed by atoms with E-state index in [0.717, 1.165) is 30.4 Å². The number of benzene rings is 1. The molecule has 3 rings (SSSR count). The van der Waals surface area contributed by atoms with E-state index in [1.165, 1.54) is 4.90 Å². The van der Waals surface area contributed by atoms with Crippen molar-refractivity contribution in [3.05, 3.63) is 47.2 Å². The van der Waals surface area contributed by atoms with Gasteiger partial charge in [-0.15, -0.1) is 0 Å². The maximum absolute atomic E-state index is 12.2. The lowest BCUT2D eigenvalue weighted by Crippen LogP contribution is -2.32. The van der Waals surface area contributed by atoms with Gasteiger partial charge in [0.15, 0.2) is 0 Å². The molecule has 1 amide bonds. The summed E-state index contributed by atoms with van der Waals surface area (Å²) in [6, 6.07) is 9.35. The molecule has 1 unspecified atom stereocenters. The van der Waals surface area contributed by atoms with Crippen LogP contribution in [0.2, 0.25) is 0 Å². The summed E-state index contributed by atoms with van der Waals surface area (Å²) in [5.41, 5.74) is 1.92. The number of amides is 1. The van der Waals surface area contributed by atoms with Gasteiger partial charge in [0, 0.05) is 12.5 Å². The summed E-state index contributed by atoms with van der Waals surface area (Å²) in [5, 5.41) is 9.36. The molecule has 2 aliphatic rings. The van der Waals surface area contributed by atoms with Gasteiger partial charge in [0.05, 0.1) is 0 Å². The Morgan fingerprint density at radius 2 is 2.05 bits per heavy atom. The molecule has 1 aromatic rings. The summed E-state index contributed by atoms with van der Waals surface area (Å²) in [6.07, 6.45) is 2.16. The minimum atomic E-state index is -1.04. The van der Waals surface area contributed by atoms with E-state index < -0.39 is 12.1 Å². The highest BCUT2D eigenvalue weighted by Gasteiger charge is 2.41. The van der Waals surface area contributed by atoms with Crippen molar-refractivity contribution in [1.82, 2.24) is 4.90 Å². The van der Waals surface area contributed by atoms with Crippen molar-refractivity contribution in [2.24, 2.45) is 5.92 Å². The summed E-state index contributed by atoms with van der Waals surface area (Å²) in [6.45, 7) is 0.591. The highest BCUT2D eigenvalue weighted by atomic mass is 16.6. The van der Waals surface area contributed by atoms with Crippen LogP contribution in [-0.2, 0) is 16.1 Å². The van der Waals surface area contributed by atoms with Crippen LogP contribution in [0.15, 0.2) is 41.6 Å². The molecule has 1 aliphatic carbocycles. The van der Waals surface area contributed by atoms with Crippen molar-refractivity contribution in [3.8, 4) is 0 Å². The van der Waals surface area contributed by atoms with Gasteiger partial charge in [-0.25, -0.2) is 9.59 Å². The van der Waals surface area contributed by atoms with Crippen LogP contribution in [0, 0.1) is 5.92 Å². The molecule has 0 saturated heterocycles. The fourth-order valence-electron chi connectivity index (χ4n) is 3.13. The molecule has 0 bridgehead atoms. The van der Waals surface area contributed by atoms with Crippen molar-refractivity contribution in [2.75, 3.05) is 6.54 Å². The molecule has 0 radical (unpaired) electrons. The number of nitrogens with zero attached hydrogens (tertiary/aromatic N) is 1. The van der Waals surface area contributed by atoms with E-state index in [4.69, 9.17) is 4.74 Å². The Bertz CT molecular complexity index is 594. The molecule has 5 nitrogen and oxygen atoms in total.